The Balaban J connectivity index is 1.81. The van der Waals surface area contributed by atoms with Crippen molar-refractivity contribution >= 4 is 11.6 Å². The van der Waals surface area contributed by atoms with E-state index in [1.807, 2.05) is 48.5 Å². The molecule has 1 amide bonds. The van der Waals surface area contributed by atoms with Gasteiger partial charge >= 0.3 is 0 Å². The Morgan fingerprint density at radius 1 is 1.08 bits per heavy atom. The van der Waals surface area contributed by atoms with Gasteiger partial charge in [-0.2, -0.15) is 0 Å². The maximum atomic E-state index is 13.0. The lowest BCUT2D eigenvalue weighted by atomic mass is 10.1. The Morgan fingerprint density at radius 2 is 1.71 bits per heavy atom. The fraction of sp³-hybridized carbons (Fsp3) is 0.350. The third-order valence-corrected chi connectivity index (χ3v) is 4.53. The van der Waals surface area contributed by atoms with Gasteiger partial charge in [-0.25, -0.2) is 5.01 Å². The van der Waals surface area contributed by atoms with E-state index in [1.165, 1.54) is 5.56 Å². The number of carbonyl (C=O) groups is 1. The van der Waals surface area contributed by atoms with Gasteiger partial charge in [-0.3, -0.25) is 15.5 Å². The number of rotatable bonds is 6. The molecule has 2 atom stereocenters. The summed E-state index contributed by atoms with van der Waals surface area (Å²) < 4.78 is 0. The second-order valence-electron chi connectivity index (χ2n) is 6.56. The van der Waals surface area contributed by atoms with Gasteiger partial charge in [0.15, 0.2) is 0 Å². The molecule has 2 N–H and O–H groups in total. The summed E-state index contributed by atoms with van der Waals surface area (Å²) in [5.41, 5.74) is 5.01. The van der Waals surface area contributed by atoms with Crippen molar-refractivity contribution in [2.75, 3.05) is 5.43 Å². The summed E-state index contributed by atoms with van der Waals surface area (Å²) in [6, 6.07) is 19.8. The van der Waals surface area contributed by atoms with Gasteiger partial charge in [-0.05, 0) is 37.5 Å². The summed E-state index contributed by atoms with van der Waals surface area (Å²) in [5.74, 6) is 0.0960. The summed E-state index contributed by atoms with van der Waals surface area (Å²) >= 11 is 0. The summed E-state index contributed by atoms with van der Waals surface area (Å²) in [6.07, 6.45) is 2.59. The highest BCUT2D eigenvalue weighted by Crippen LogP contribution is 2.28. The Bertz CT molecular complexity index is 674. The van der Waals surface area contributed by atoms with Crippen LogP contribution >= 0.6 is 0 Å². The lowest BCUT2D eigenvalue weighted by Crippen LogP contribution is -2.52. The SMILES string of the molecule is CCCC1(C)N[C@@H](Cc2ccccc2)C(=O)N1Nc1ccccc1. The molecule has 2 aromatic carbocycles. The van der Waals surface area contributed by atoms with Crippen molar-refractivity contribution in [3.63, 3.8) is 0 Å². The first-order chi connectivity index (χ1) is 11.6. The molecule has 1 saturated heterocycles. The summed E-state index contributed by atoms with van der Waals surface area (Å²) in [4.78, 5) is 13.0. The monoisotopic (exact) mass is 323 g/mol. The number of hydrazine groups is 1. The second kappa shape index (κ2) is 7.05. The van der Waals surface area contributed by atoms with Gasteiger partial charge in [0.05, 0.1) is 11.7 Å². The van der Waals surface area contributed by atoms with E-state index in [-0.39, 0.29) is 17.6 Å². The zero-order valence-corrected chi connectivity index (χ0v) is 14.3. The normalized spacial score (nSPS) is 23.5. The average Bonchev–Trinajstić information content (AvgIpc) is 2.81. The minimum Gasteiger partial charge on any atom is -0.294 e. The molecule has 1 fully saturated rings. The smallest absolute Gasteiger partial charge is 0.260 e. The fourth-order valence-electron chi connectivity index (χ4n) is 3.38. The minimum atomic E-state index is -0.388. The third kappa shape index (κ3) is 3.44. The van der Waals surface area contributed by atoms with Crippen molar-refractivity contribution in [3.8, 4) is 0 Å². The van der Waals surface area contributed by atoms with Gasteiger partial charge in [-0.1, -0.05) is 61.9 Å². The lowest BCUT2D eigenvalue weighted by molar-refractivity contribution is -0.130. The van der Waals surface area contributed by atoms with Gasteiger partial charge in [0.2, 0.25) is 0 Å². The van der Waals surface area contributed by atoms with Crippen molar-refractivity contribution in [1.29, 1.82) is 0 Å². The highest BCUT2D eigenvalue weighted by molar-refractivity contribution is 5.86. The molecule has 1 heterocycles. The second-order valence-corrected chi connectivity index (χ2v) is 6.56. The number of anilines is 1. The molecule has 0 spiro atoms. The van der Waals surface area contributed by atoms with Gasteiger partial charge in [0, 0.05) is 0 Å². The van der Waals surface area contributed by atoms with E-state index in [9.17, 15) is 4.79 Å². The van der Waals surface area contributed by atoms with Crippen LogP contribution < -0.4 is 10.7 Å². The van der Waals surface area contributed by atoms with E-state index in [0.29, 0.717) is 6.42 Å². The number of benzene rings is 2. The quantitative estimate of drug-likeness (QED) is 0.854. The molecule has 1 aliphatic rings. The Morgan fingerprint density at radius 3 is 2.33 bits per heavy atom. The molecule has 3 rings (SSSR count). The molecule has 0 aliphatic carbocycles. The predicted octanol–water partition coefficient (Wildman–Crippen LogP) is 3.57. The van der Waals surface area contributed by atoms with Crippen LogP contribution in [0.2, 0.25) is 0 Å². The van der Waals surface area contributed by atoms with Crippen LogP contribution in [0, 0.1) is 0 Å². The van der Waals surface area contributed by atoms with E-state index >= 15 is 0 Å². The van der Waals surface area contributed by atoms with Crippen LogP contribution in [0.1, 0.15) is 32.3 Å². The van der Waals surface area contributed by atoms with Crippen LogP contribution in [0.25, 0.3) is 0 Å². The van der Waals surface area contributed by atoms with Crippen LogP contribution in [0.5, 0.6) is 0 Å². The molecule has 0 bridgehead atoms. The van der Waals surface area contributed by atoms with E-state index < -0.39 is 0 Å². The molecule has 0 aromatic heterocycles. The molecule has 1 aliphatic heterocycles. The van der Waals surface area contributed by atoms with E-state index in [4.69, 9.17) is 0 Å². The van der Waals surface area contributed by atoms with Crippen molar-refractivity contribution < 1.29 is 4.79 Å². The number of nitrogens with one attached hydrogen (secondary N) is 2. The largest absolute Gasteiger partial charge is 0.294 e. The van der Waals surface area contributed by atoms with Crippen LogP contribution in [-0.2, 0) is 11.2 Å². The number of nitrogens with zero attached hydrogens (tertiary/aromatic N) is 1. The Hall–Kier alpha value is -2.33. The minimum absolute atomic E-state index is 0.0960. The molecule has 0 saturated carbocycles. The van der Waals surface area contributed by atoms with Gasteiger partial charge in [0.1, 0.15) is 5.66 Å². The predicted molar refractivity (Wildman–Crippen MR) is 97.3 cm³/mol. The molecule has 24 heavy (non-hydrogen) atoms. The number of amides is 1. The van der Waals surface area contributed by atoms with Crippen molar-refractivity contribution in [1.82, 2.24) is 10.3 Å². The topological polar surface area (TPSA) is 44.4 Å². The third-order valence-electron chi connectivity index (χ3n) is 4.53. The molecule has 126 valence electrons. The zero-order chi connectivity index (χ0) is 17.0. The number of hydrogen-bond acceptors (Lipinski definition) is 3. The zero-order valence-electron chi connectivity index (χ0n) is 14.3. The lowest BCUT2D eigenvalue weighted by Gasteiger charge is -2.35. The first-order valence-electron chi connectivity index (χ1n) is 8.60. The fourth-order valence-corrected chi connectivity index (χ4v) is 3.38. The molecule has 0 radical (unpaired) electrons. The van der Waals surface area contributed by atoms with E-state index in [1.54, 1.807) is 5.01 Å². The highest BCUT2D eigenvalue weighted by Gasteiger charge is 2.47. The van der Waals surface area contributed by atoms with Gasteiger partial charge in [-0.15, -0.1) is 0 Å². The first-order valence-corrected chi connectivity index (χ1v) is 8.60. The highest BCUT2D eigenvalue weighted by atomic mass is 16.2. The van der Waals surface area contributed by atoms with E-state index in [0.717, 1.165) is 18.5 Å². The molecular formula is C20H25N3O. The summed E-state index contributed by atoms with van der Waals surface area (Å²) in [6.45, 7) is 4.23. The maximum absolute atomic E-state index is 13.0. The van der Waals surface area contributed by atoms with Crippen molar-refractivity contribution in [2.45, 2.75) is 44.8 Å². The molecular weight excluding hydrogens is 298 g/mol. The summed E-state index contributed by atoms with van der Waals surface area (Å²) in [7, 11) is 0. The number of hydrogen-bond donors (Lipinski definition) is 2. The van der Waals surface area contributed by atoms with Crippen LogP contribution in [-0.4, -0.2) is 22.6 Å². The van der Waals surface area contributed by atoms with Crippen molar-refractivity contribution in [3.05, 3.63) is 66.2 Å². The maximum Gasteiger partial charge on any atom is 0.260 e. The number of carbonyl (C=O) groups excluding carboxylic acids is 1. The average molecular weight is 323 g/mol. The van der Waals surface area contributed by atoms with Crippen molar-refractivity contribution in [2.24, 2.45) is 0 Å². The van der Waals surface area contributed by atoms with Gasteiger partial charge in [0.25, 0.3) is 5.91 Å². The Labute approximate surface area is 143 Å². The van der Waals surface area contributed by atoms with Crippen LogP contribution in [0.3, 0.4) is 0 Å². The Kier molecular flexibility index (Phi) is 4.86. The first kappa shape index (κ1) is 16.5. The summed E-state index contributed by atoms with van der Waals surface area (Å²) in [5, 5.41) is 5.33. The molecule has 4 heteroatoms. The van der Waals surface area contributed by atoms with Crippen LogP contribution in [0.4, 0.5) is 5.69 Å². The van der Waals surface area contributed by atoms with Crippen LogP contribution in [0.15, 0.2) is 60.7 Å². The number of para-hydroxylation sites is 1. The van der Waals surface area contributed by atoms with E-state index in [2.05, 4.69) is 36.7 Å². The van der Waals surface area contributed by atoms with Gasteiger partial charge < -0.3 is 0 Å². The molecule has 2 aromatic rings. The molecule has 4 nitrogen and oxygen atoms in total. The standard InChI is InChI=1S/C20H25N3O/c1-3-14-20(2)21-18(15-16-10-6-4-7-11-16)19(24)23(20)22-17-12-8-5-9-13-17/h4-13,18,21-22H,3,14-15H2,1-2H3/t18-,20?/m0/s1. The molecule has 1 unspecified atom stereocenters.